The molecule has 628 valence electrons. The molecular weight excluding hydrogens is 1600 g/mol. The minimum atomic E-state index is -0.668. The van der Waals surface area contributed by atoms with E-state index >= 15 is 0 Å². The largest absolute Gasteiger partial charge is 0.497 e. The third kappa shape index (κ3) is 27.2. The Labute approximate surface area is 709 Å². The van der Waals surface area contributed by atoms with E-state index in [1.165, 1.54) is 43.3 Å². The van der Waals surface area contributed by atoms with Crippen LogP contribution in [0, 0.1) is 24.0 Å². The van der Waals surface area contributed by atoms with Crippen molar-refractivity contribution in [2.75, 3.05) is 13.2 Å². The van der Waals surface area contributed by atoms with Crippen molar-refractivity contribution in [1.29, 1.82) is 0 Å². The van der Waals surface area contributed by atoms with Gasteiger partial charge in [0.05, 0.1) is 67.2 Å². The number of aromatic nitrogens is 4. The summed E-state index contributed by atoms with van der Waals surface area (Å²) in [5.41, 5.74) is 2.97. The zero-order valence-corrected chi connectivity index (χ0v) is 77.3. The molecule has 5 aromatic rings. The number of rotatable bonds is 15. The Morgan fingerprint density at radius 1 is 0.447 bits per heavy atom. The van der Waals surface area contributed by atoms with Crippen molar-refractivity contribution in [1.82, 2.24) is 19.9 Å². The van der Waals surface area contributed by atoms with Crippen LogP contribution in [0.5, 0.6) is 0 Å². The Balaban J connectivity index is 0.000000237. The number of pyridine rings is 4. The van der Waals surface area contributed by atoms with Crippen LogP contribution in [0.15, 0.2) is 124 Å². The summed E-state index contributed by atoms with van der Waals surface area (Å²) in [5.74, 6) is 0.811. The zero-order chi connectivity index (χ0) is 85.0. The van der Waals surface area contributed by atoms with Gasteiger partial charge in [0, 0.05) is 88.2 Å². The van der Waals surface area contributed by atoms with Gasteiger partial charge in [-0.15, -0.1) is 0 Å². The summed E-state index contributed by atoms with van der Waals surface area (Å²) < 4.78 is 110. The number of hydrogen-bond acceptors (Lipinski definition) is 18. The molecule has 11 heterocycles. The molecule has 0 aliphatic carbocycles. The maximum Gasteiger partial charge on any atom is 0.497 e. The molecule has 0 atom stereocenters. The van der Waals surface area contributed by atoms with Crippen LogP contribution in [0.3, 0.4) is 0 Å². The molecule has 0 saturated carbocycles. The molecule has 7 saturated heterocycles. The lowest BCUT2D eigenvalue weighted by atomic mass is 9.75. The molecule has 4 aromatic heterocycles. The fourth-order valence-electron chi connectivity index (χ4n) is 11.5. The minimum absolute atomic E-state index is 0. The first-order chi connectivity index (χ1) is 52.0. The number of allylic oxidation sites excluding steroid dienone is 3. The third-order valence-electron chi connectivity index (χ3n) is 23.1. The second-order valence-electron chi connectivity index (χ2n) is 36.6. The Bertz CT molecular complexity index is 3810. The predicted molar refractivity (Wildman–Crippen MR) is 472 cm³/mol. The van der Waals surface area contributed by atoms with Gasteiger partial charge in [-0.2, -0.15) is 0 Å². The van der Waals surface area contributed by atoms with Crippen LogP contribution in [0.4, 0.5) is 8.78 Å². The zero-order valence-electron chi connectivity index (χ0n) is 73.4. The number of unbranched alkanes of at least 4 members (excludes halogenated alkanes) is 4. The first-order valence-electron chi connectivity index (χ1n) is 39.9. The number of halogens is 5. The van der Waals surface area contributed by atoms with E-state index in [9.17, 15) is 8.78 Å². The first-order valence-corrected chi connectivity index (χ1v) is 41.9. The number of hydrogen-bond donors (Lipinski definition) is 0. The van der Waals surface area contributed by atoms with Gasteiger partial charge in [-0.1, -0.05) is 116 Å². The van der Waals surface area contributed by atoms with Crippen molar-refractivity contribution < 1.29 is 73.9 Å². The molecule has 18 nitrogen and oxygen atoms in total. The summed E-state index contributed by atoms with van der Waals surface area (Å²) in [7, 11) is -2.36. The molecule has 30 heteroatoms. The van der Waals surface area contributed by atoms with Gasteiger partial charge in [0.25, 0.3) is 0 Å². The van der Waals surface area contributed by atoms with Crippen LogP contribution in [-0.4, -0.2) is 150 Å². The second kappa shape index (κ2) is 40.8. The van der Waals surface area contributed by atoms with E-state index in [-0.39, 0.29) is 123 Å². The lowest BCUT2D eigenvalue weighted by Crippen LogP contribution is -2.47. The third-order valence-corrected chi connectivity index (χ3v) is 24.5. The minimum Gasteiger partial charge on any atom is -0.407 e. The van der Waals surface area contributed by atoms with Gasteiger partial charge in [0.1, 0.15) is 21.4 Å². The van der Waals surface area contributed by atoms with Crippen LogP contribution < -0.4 is 27.3 Å². The Kier molecular flexibility index (Phi) is 36.1. The molecule has 1 aromatic carbocycles. The van der Waals surface area contributed by atoms with Crippen molar-refractivity contribution in [2.24, 2.45) is 5.41 Å². The highest BCUT2D eigenvalue weighted by Gasteiger charge is 2.57. The van der Waals surface area contributed by atoms with E-state index in [4.69, 9.17) is 76.8 Å². The highest BCUT2D eigenvalue weighted by molar-refractivity contribution is 9.10. The summed E-state index contributed by atoms with van der Waals surface area (Å²) >= 11 is 12.7. The molecule has 0 N–H and O–H groups in total. The van der Waals surface area contributed by atoms with Gasteiger partial charge in [0.15, 0.2) is 0 Å². The van der Waals surface area contributed by atoms with Crippen molar-refractivity contribution in [3.8, 4) is 0 Å². The first kappa shape index (κ1) is 101. The van der Waals surface area contributed by atoms with Gasteiger partial charge in [0.2, 0.25) is 0 Å². The fraction of sp³-hybridized carbons (Fsp3) is 0.643. The molecule has 114 heavy (non-hydrogen) atoms. The SMILES string of the molecule is C.CC1(C)COB(c2cc(F)cc(F)c2)OC1.CC1(C)OB(c2cccnc2)OC1(C)C.CC1(C)OB(c2cccnc2Br)OC1(C)C.CC1(C)OB(c2cncc(Br)c2)OC1(C)C.CCC/C=C(\CCC)B1OC(C)(C)C(C)(C)O1.CCCCC/C=C/B1OC(C)(C)C(C)(C)O1.Cc1cc(B2OC(C)(C)C(C)(C)O2)cnc1Cl. The number of nitrogens with zero attached hydrogens (tertiary/aromatic N) is 4. The van der Waals surface area contributed by atoms with Crippen molar-refractivity contribution in [3.05, 3.63) is 147 Å². The van der Waals surface area contributed by atoms with Crippen LogP contribution in [0.2, 0.25) is 5.15 Å². The van der Waals surface area contributed by atoms with Crippen molar-refractivity contribution in [2.45, 2.75) is 334 Å². The Morgan fingerprint density at radius 2 is 0.877 bits per heavy atom. The molecule has 12 rings (SSSR count). The van der Waals surface area contributed by atoms with Gasteiger partial charge in [-0.25, -0.2) is 18.7 Å². The molecule has 0 spiro atoms. The second-order valence-corrected chi connectivity index (χ2v) is 38.6. The summed E-state index contributed by atoms with van der Waals surface area (Å²) in [6.07, 6.45) is 24.4. The van der Waals surface area contributed by atoms with Crippen LogP contribution in [0.25, 0.3) is 0 Å². The van der Waals surface area contributed by atoms with Crippen LogP contribution in [-0.2, 0) is 65.2 Å². The Morgan fingerprint density at radius 3 is 1.30 bits per heavy atom. The molecule has 0 unspecified atom stereocenters. The monoisotopic (exact) mass is 1730 g/mol. The topological polar surface area (TPSA) is 181 Å². The van der Waals surface area contributed by atoms with Crippen LogP contribution >= 0.6 is 43.5 Å². The average molecular weight is 1730 g/mol. The maximum absolute atomic E-state index is 13.0. The van der Waals surface area contributed by atoms with E-state index in [1.807, 2.05) is 174 Å². The summed E-state index contributed by atoms with van der Waals surface area (Å²) in [6, 6.07) is 14.9. The van der Waals surface area contributed by atoms with Gasteiger partial charge < -0.3 is 65.2 Å². The van der Waals surface area contributed by atoms with E-state index in [1.54, 1.807) is 37.2 Å². The molecule has 0 bridgehead atoms. The smallest absolute Gasteiger partial charge is 0.407 e. The summed E-state index contributed by atoms with van der Waals surface area (Å²) in [6.45, 7) is 63.0. The summed E-state index contributed by atoms with van der Waals surface area (Å²) in [5, 5.41) is 0.519. The van der Waals surface area contributed by atoms with Crippen LogP contribution in [0.1, 0.15) is 265 Å². The predicted octanol–water partition coefficient (Wildman–Crippen LogP) is 18.3. The lowest BCUT2D eigenvalue weighted by Gasteiger charge is -2.33. The quantitative estimate of drug-likeness (QED) is 0.0548. The van der Waals surface area contributed by atoms with E-state index in [0.29, 0.717) is 23.8 Å². The lowest BCUT2D eigenvalue weighted by molar-refractivity contribution is 0.00578. The highest BCUT2D eigenvalue weighted by Crippen LogP contribution is 2.43. The number of aryl methyl sites for hydroxylation is 1. The van der Waals surface area contributed by atoms with Crippen molar-refractivity contribution in [3.63, 3.8) is 0 Å². The molecule has 7 fully saturated rings. The molecule has 0 radical (unpaired) electrons. The van der Waals surface area contributed by atoms with Gasteiger partial charge in [-0.05, 0) is 277 Å². The van der Waals surface area contributed by atoms with E-state index in [2.05, 4.69) is 140 Å². The van der Waals surface area contributed by atoms with Gasteiger partial charge in [-0.3, -0.25) is 9.97 Å². The summed E-state index contributed by atoms with van der Waals surface area (Å²) in [4.78, 5) is 16.5. The highest BCUT2D eigenvalue weighted by atomic mass is 79.9. The van der Waals surface area contributed by atoms with E-state index in [0.717, 1.165) is 68.2 Å². The van der Waals surface area contributed by atoms with Crippen molar-refractivity contribution >= 4 is 121 Å². The molecular formula is C84H132B7Br2ClF2N4O14. The average Bonchev–Trinajstić information content (AvgIpc) is 1.64. The fourth-order valence-corrected chi connectivity index (χ4v) is 12.4. The maximum atomic E-state index is 13.0. The number of benzene rings is 1. The molecule has 0 amide bonds. The normalized spacial score (nSPS) is 22.1. The molecule has 7 aliphatic heterocycles. The van der Waals surface area contributed by atoms with Gasteiger partial charge >= 0.3 is 49.8 Å². The van der Waals surface area contributed by atoms with E-state index < -0.39 is 18.8 Å². The standard InChI is InChI=1S/C14H27BO2.C13H25BO2.C12H17BClNO2.2C11H15BBrNO2.C11H13BF2O2.C11H16BNO2.CH4/c1-7-9-11-12(10-8-2)15-16-13(3,4)14(5,6)17-15;1-6-7-8-9-10-11-14-15-12(2,3)13(4,5)16-14;1-8-6-9(7-15-10(8)14)13-16-11(2,3)12(4,5)17-13;1-10(2)11(3,4)16-12(15-10)8-5-9(13)7-14-6-8;1-10(2)11(3,4)16-12(15-10)8-6-5-7-14-9(8)13;1-11(2)6-15-12(16-7-11)8-3-9(13)5-10(14)4-8;1-10(2)11(3,4)15-12(14-10)9-6-5-7-13-8-9;/h11H,7-10H2,1-6H3;10-11H,6-9H2,1-5H3;6-7H,1-5H3;2*5-7H,1-4H3;3-5H,6-7H2,1-2H3;5-8H,1-4H3;1H4/b12-11+;11-10+;;;;;;. The Hall–Kier alpha value is -3.70. The molecule has 7 aliphatic rings.